The molecular formula is C16H30. The number of fused-ring (bicyclic) bond motifs is 1. The van der Waals surface area contributed by atoms with Gasteiger partial charge in [-0.15, -0.1) is 0 Å². The van der Waals surface area contributed by atoms with Gasteiger partial charge >= 0.3 is 0 Å². The molecule has 2 fully saturated rings. The van der Waals surface area contributed by atoms with Gasteiger partial charge in [-0.2, -0.15) is 0 Å². The summed E-state index contributed by atoms with van der Waals surface area (Å²) in [7, 11) is 0. The predicted octanol–water partition coefficient (Wildman–Crippen LogP) is 5.28. The van der Waals surface area contributed by atoms with Crippen molar-refractivity contribution in [3.63, 3.8) is 0 Å². The Morgan fingerprint density at radius 1 is 1.12 bits per heavy atom. The van der Waals surface area contributed by atoms with Gasteiger partial charge in [0.2, 0.25) is 0 Å². The topological polar surface area (TPSA) is 0 Å². The minimum atomic E-state index is 0.961. The molecule has 16 heavy (non-hydrogen) atoms. The molecule has 0 bridgehead atoms. The molecule has 0 aromatic heterocycles. The van der Waals surface area contributed by atoms with Crippen LogP contribution >= 0.6 is 0 Å². The largest absolute Gasteiger partial charge is 0.0651 e. The lowest BCUT2D eigenvalue weighted by Gasteiger charge is -2.27. The normalized spacial score (nSPS) is 40.7. The summed E-state index contributed by atoms with van der Waals surface area (Å²) >= 11 is 0. The number of rotatable bonds is 4. The molecule has 0 N–H and O–H groups in total. The van der Waals surface area contributed by atoms with Gasteiger partial charge in [0.05, 0.1) is 0 Å². The molecule has 0 heteroatoms. The predicted molar refractivity (Wildman–Crippen MR) is 71.4 cm³/mol. The Morgan fingerprint density at radius 3 is 2.62 bits per heavy atom. The molecule has 0 spiro atoms. The van der Waals surface area contributed by atoms with Crippen LogP contribution < -0.4 is 0 Å². The van der Waals surface area contributed by atoms with Gasteiger partial charge in [0, 0.05) is 0 Å². The van der Waals surface area contributed by atoms with E-state index >= 15 is 0 Å². The average Bonchev–Trinajstić information content (AvgIpc) is 3.02. The van der Waals surface area contributed by atoms with E-state index in [4.69, 9.17) is 0 Å². The molecule has 0 aromatic carbocycles. The van der Waals surface area contributed by atoms with E-state index in [1.165, 1.54) is 32.1 Å². The SMILES string of the molecule is CCC(C)CC1CC(CC)CCCC2CC12. The molecule has 0 aliphatic heterocycles. The highest BCUT2D eigenvalue weighted by molar-refractivity contribution is 4.93. The second-order valence-corrected chi connectivity index (χ2v) is 6.61. The van der Waals surface area contributed by atoms with Gasteiger partial charge in [0.1, 0.15) is 0 Å². The van der Waals surface area contributed by atoms with E-state index < -0.39 is 0 Å². The van der Waals surface area contributed by atoms with Crippen molar-refractivity contribution in [2.75, 3.05) is 0 Å². The lowest BCUT2D eigenvalue weighted by atomic mass is 9.78. The van der Waals surface area contributed by atoms with Crippen LogP contribution in [0.3, 0.4) is 0 Å². The molecule has 0 heterocycles. The van der Waals surface area contributed by atoms with Gasteiger partial charge in [0.15, 0.2) is 0 Å². The van der Waals surface area contributed by atoms with Crippen molar-refractivity contribution in [3.8, 4) is 0 Å². The summed E-state index contributed by atoms with van der Waals surface area (Å²) in [6, 6.07) is 0. The summed E-state index contributed by atoms with van der Waals surface area (Å²) in [5, 5.41) is 0. The first-order chi connectivity index (χ1) is 7.74. The Morgan fingerprint density at radius 2 is 1.94 bits per heavy atom. The zero-order valence-electron chi connectivity index (χ0n) is 11.5. The van der Waals surface area contributed by atoms with E-state index in [2.05, 4.69) is 20.8 Å². The molecule has 2 saturated carbocycles. The van der Waals surface area contributed by atoms with Crippen molar-refractivity contribution in [2.45, 2.75) is 72.1 Å². The van der Waals surface area contributed by atoms with E-state index in [1.807, 2.05) is 0 Å². The van der Waals surface area contributed by atoms with Crippen molar-refractivity contribution in [2.24, 2.45) is 29.6 Å². The van der Waals surface area contributed by atoms with Crippen LogP contribution in [0.5, 0.6) is 0 Å². The summed E-state index contributed by atoms with van der Waals surface area (Å²) in [5.74, 6) is 5.39. The molecule has 5 unspecified atom stereocenters. The first kappa shape index (κ1) is 12.5. The zero-order valence-corrected chi connectivity index (χ0v) is 11.5. The molecule has 2 rings (SSSR count). The van der Waals surface area contributed by atoms with Crippen molar-refractivity contribution in [3.05, 3.63) is 0 Å². The fourth-order valence-corrected chi connectivity index (χ4v) is 3.90. The zero-order chi connectivity index (χ0) is 11.5. The van der Waals surface area contributed by atoms with Gasteiger partial charge in [-0.3, -0.25) is 0 Å². The number of hydrogen-bond donors (Lipinski definition) is 0. The molecular weight excluding hydrogens is 192 g/mol. The molecule has 0 saturated heterocycles. The summed E-state index contributed by atoms with van der Waals surface area (Å²) in [6.45, 7) is 7.21. The second-order valence-electron chi connectivity index (χ2n) is 6.61. The van der Waals surface area contributed by atoms with Crippen LogP contribution in [0.25, 0.3) is 0 Å². The van der Waals surface area contributed by atoms with Crippen LogP contribution in [-0.4, -0.2) is 0 Å². The van der Waals surface area contributed by atoms with Crippen molar-refractivity contribution in [1.29, 1.82) is 0 Å². The third-order valence-corrected chi connectivity index (χ3v) is 5.39. The summed E-state index contributed by atoms with van der Waals surface area (Å²) < 4.78 is 0. The van der Waals surface area contributed by atoms with Gasteiger partial charge in [0.25, 0.3) is 0 Å². The molecule has 0 amide bonds. The van der Waals surface area contributed by atoms with Crippen molar-refractivity contribution >= 4 is 0 Å². The average molecular weight is 222 g/mol. The highest BCUT2D eigenvalue weighted by Gasteiger charge is 2.43. The molecule has 5 atom stereocenters. The molecule has 2 aliphatic rings. The highest BCUT2D eigenvalue weighted by atomic mass is 14.5. The van der Waals surface area contributed by atoms with E-state index in [9.17, 15) is 0 Å². The molecule has 0 aromatic rings. The Kier molecular flexibility index (Phi) is 4.33. The standard InChI is InChI=1S/C16H30/c1-4-12(3)9-15-10-13(5-2)7-6-8-14-11-16(14)15/h12-16H,4-11H2,1-3H3. The van der Waals surface area contributed by atoms with E-state index in [1.54, 1.807) is 19.3 Å². The third kappa shape index (κ3) is 3.02. The summed E-state index contributed by atoms with van der Waals surface area (Å²) in [5.41, 5.74) is 0. The summed E-state index contributed by atoms with van der Waals surface area (Å²) in [6.07, 6.45) is 12.1. The number of hydrogen-bond acceptors (Lipinski definition) is 0. The van der Waals surface area contributed by atoms with Crippen LogP contribution in [0, 0.1) is 29.6 Å². The smallest absolute Gasteiger partial charge is 0.0354 e. The lowest BCUT2D eigenvalue weighted by molar-refractivity contribution is 0.237. The fraction of sp³-hybridized carbons (Fsp3) is 1.00. The minimum Gasteiger partial charge on any atom is -0.0651 e. The van der Waals surface area contributed by atoms with Gasteiger partial charge < -0.3 is 0 Å². The first-order valence-electron chi connectivity index (χ1n) is 7.74. The maximum atomic E-state index is 2.46. The fourth-order valence-electron chi connectivity index (χ4n) is 3.90. The molecule has 94 valence electrons. The summed E-state index contributed by atoms with van der Waals surface area (Å²) in [4.78, 5) is 0. The van der Waals surface area contributed by atoms with E-state index in [0.29, 0.717) is 0 Å². The Balaban J connectivity index is 1.91. The Bertz CT molecular complexity index is 208. The van der Waals surface area contributed by atoms with Crippen molar-refractivity contribution < 1.29 is 0 Å². The molecule has 0 nitrogen and oxygen atoms in total. The minimum absolute atomic E-state index is 0.961. The van der Waals surface area contributed by atoms with E-state index in [0.717, 1.165) is 29.6 Å². The van der Waals surface area contributed by atoms with Crippen LogP contribution in [-0.2, 0) is 0 Å². The van der Waals surface area contributed by atoms with Crippen LogP contribution in [0.1, 0.15) is 72.1 Å². The third-order valence-electron chi connectivity index (χ3n) is 5.39. The second kappa shape index (κ2) is 5.56. The lowest BCUT2D eigenvalue weighted by Crippen LogP contribution is -2.16. The maximum Gasteiger partial charge on any atom is -0.0354 e. The van der Waals surface area contributed by atoms with Gasteiger partial charge in [-0.05, 0) is 48.9 Å². The van der Waals surface area contributed by atoms with Gasteiger partial charge in [-0.1, -0.05) is 52.9 Å². The molecule has 2 aliphatic carbocycles. The Hall–Kier alpha value is 0. The quantitative estimate of drug-likeness (QED) is 0.607. The molecule has 0 radical (unpaired) electrons. The Labute approximate surface area is 102 Å². The highest BCUT2D eigenvalue weighted by Crippen LogP contribution is 2.53. The monoisotopic (exact) mass is 222 g/mol. The van der Waals surface area contributed by atoms with E-state index in [-0.39, 0.29) is 0 Å². The maximum absolute atomic E-state index is 2.46. The first-order valence-corrected chi connectivity index (χ1v) is 7.74. The van der Waals surface area contributed by atoms with Crippen molar-refractivity contribution in [1.82, 2.24) is 0 Å². The van der Waals surface area contributed by atoms with Crippen LogP contribution in [0.15, 0.2) is 0 Å². The van der Waals surface area contributed by atoms with Crippen LogP contribution in [0.4, 0.5) is 0 Å². The van der Waals surface area contributed by atoms with Crippen LogP contribution in [0.2, 0.25) is 0 Å². The van der Waals surface area contributed by atoms with Gasteiger partial charge in [-0.25, -0.2) is 0 Å².